The highest BCUT2D eigenvalue weighted by molar-refractivity contribution is 7.80. The second-order valence-electron chi connectivity index (χ2n) is 6.06. The first-order chi connectivity index (χ1) is 8.83. The number of likely N-dealkylation sites (N-methyl/N-ethyl adjacent to an activating group) is 1. The van der Waals surface area contributed by atoms with Crippen molar-refractivity contribution >= 4 is 23.1 Å². The Kier molecular flexibility index (Phi) is 5.74. The highest BCUT2D eigenvalue weighted by atomic mass is 32.1. The van der Waals surface area contributed by atoms with Gasteiger partial charge in [0.05, 0.1) is 10.4 Å². The van der Waals surface area contributed by atoms with E-state index in [0.717, 1.165) is 38.9 Å². The molecule has 0 saturated heterocycles. The van der Waals surface area contributed by atoms with Gasteiger partial charge in [-0.15, -0.1) is 0 Å². The molecule has 4 nitrogen and oxygen atoms in total. The van der Waals surface area contributed by atoms with E-state index in [1.807, 2.05) is 19.0 Å². The summed E-state index contributed by atoms with van der Waals surface area (Å²) in [6.07, 6.45) is 2.58. The van der Waals surface area contributed by atoms with Gasteiger partial charge in [-0.1, -0.05) is 26.1 Å². The second-order valence-corrected chi connectivity index (χ2v) is 6.50. The van der Waals surface area contributed by atoms with Crippen LogP contribution in [0.2, 0.25) is 0 Å². The zero-order chi connectivity index (χ0) is 14.6. The van der Waals surface area contributed by atoms with Crippen LogP contribution in [0.4, 0.5) is 0 Å². The van der Waals surface area contributed by atoms with Crippen molar-refractivity contribution in [2.45, 2.75) is 33.1 Å². The van der Waals surface area contributed by atoms with E-state index >= 15 is 0 Å². The topological polar surface area (TPSA) is 49.6 Å². The first kappa shape index (κ1) is 16.4. The highest BCUT2D eigenvalue weighted by Gasteiger charge is 2.52. The van der Waals surface area contributed by atoms with Crippen molar-refractivity contribution in [1.82, 2.24) is 9.80 Å². The molecule has 0 bridgehead atoms. The summed E-state index contributed by atoms with van der Waals surface area (Å²) in [7, 11) is 4.03. The minimum atomic E-state index is -0.559. The maximum absolute atomic E-state index is 12.8. The second kappa shape index (κ2) is 6.66. The van der Waals surface area contributed by atoms with Gasteiger partial charge in [0.25, 0.3) is 0 Å². The Hall–Kier alpha value is -0.680. The molecule has 5 heteroatoms. The molecular formula is C14H27N3OS. The van der Waals surface area contributed by atoms with Crippen LogP contribution in [-0.2, 0) is 4.79 Å². The predicted octanol–water partition coefficient (Wildman–Crippen LogP) is 1.49. The molecule has 0 heterocycles. The van der Waals surface area contributed by atoms with Gasteiger partial charge in [0.1, 0.15) is 0 Å². The van der Waals surface area contributed by atoms with Crippen molar-refractivity contribution < 1.29 is 4.79 Å². The molecular weight excluding hydrogens is 258 g/mol. The number of thiocarbonyl (C=S) groups is 1. The molecule has 1 rings (SSSR count). The van der Waals surface area contributed by atoms with E-state index in [9.17, 15) is 4.79 Å². The van der Waals surface area contributed by atoms with Gasteiger partial charge in [0.2, 0.25) is 5.91 Å². The summed E-state index contributed by atoms with van der Waals surface area (Å²) in [6, 6.07) is 0. The lowest BCUT2D eigenvalue weighted by atomic mass is 9.61. The molecule has 1 fully saturated rings. The van der Waals surface area contributed by atoms with E-state index in [0.29, 0.717) is 10.9 Å². The maximum Gasteiger partial charge on any atom is 0.235 e. The molecule has 110 valence electrons. The number of amides is 1. The summed E-state index contributed by atoms with van der Waals surface area (Å²) >= 11 is 5.17. The van der Waals surface area contributed by atoms with Crippen LogP contribution in [0.3, 0.4) is 0 Å². The van der Waals surface area contributed by atoms with Crippen LogP contribution in [0.25, 0.3) is 0 Å². The standard InChI is InChI=1S/C14H27N3OS/c1-5-6-17(8-7-16(3)4)13(18)14(12(15)19)9-11(2)10-14/h11H,5-10H2,1-4H3,(H2,15,19). The fourth-order valence-electron chi connectivity index (χ4n) is 2.82. The molecule has 19 heavy (non-hydrogen) atoms. The zero-order valence-corrected chi connectivity index (χ0v) is 13.4. The molecule has 0 aromatic rings. The van der Waals surface area contributed by atoms with E-state index < -0.39 is 5.41 Å². The first-order valence-electron chi connectivity index (χ1n) is 7.07. The molecule has 0 aromatic heterocycles. The van der Waals surface area contributed by atoms with E-state index in [-0.39, 0.29) is 5.91 Å². The van der Waals surface area contributed by atoms with Crippen molar-refractivity contribution in [3.05, 3.63) is 0 Å². The summed E-state index contributed by atoms with van der Waals surface area (Å²) in [6.45, 7) is 6.64. The van der Waals surface area contributed by atoms with Gasteiger partial charge in [-0.25, -0.2) is 0 Å². The molecule has 0 spiro atoms. The predicted molar refractivity (Wildman–Crippen MR) is 83.0 cm³/mol. The van der Waals surface area contributed by atoms with Crippen LogP contribution in [0.15, 0.2) is 0 Å². The van der Waals surface area contributed by atoms with Crippen LogP contribution >= 0.6 is 12.2 Å². The number of hydrogen-bond acceptors (Lipinski definition) is 3. The van der Waals surface area contributed by atoms with E-state index in [1.54, 1.807) is 0 Å². The quantitative estimate of drug-likeness (QED) is 0.720. The lowest BCUT2D eigenvalue weighted by Crippen LogP contribution is -2.57. The Balaban J connectivity index is 2.77. The Labute approximate surface area is 122 Å². The Bertz CT molecular complexity index is 338. The molecule has 0 aromatic carbocycles. The highest BCUT2D eigenvalue weighted by Crippen LogP contribution is 2.47. The van der Waals surface area contributed by atoms with Crippen molar-refractivity contribution in [1.29, 1.82) is 0 Å². The number of nitrogens with zero attached hydrogens (tertiary/aromatic N) is 2. The lowest BCUT2D eigenvalue weighted by Gasteiger charge is -2.46. The van der Waals surface area contributed by atoms with Crippen LogP contribution in [0.1, 0.15) is 33.1 Å². The smallest absolute Gasteiger partial charge is 0.235 e. The fraction of sp³-hybridized carbons (Fsp3) is 0.857. The van der Waals surface area contributed by atoms with Gasteiger partial charge in [-0.05, 0) is 39.3 Å². The zero-order valence-electron chi connectivity index (χ0n) is 12.6. The monoisotopic (exact) mass is 285 g/mol. The third-order valence-electron chi connectivity index (χ3n) is 3.87. The Morgan fingerprint density at radius 2 is 1.89 bits per heavy atom. The summed E-state index contributed by atoms with van der Waals surface area (Å²) < 4.78 is 0. The van der Waals surface area contributed by atoms with Gasteiger partial charge in [0.15, 0.2) is 0 Å². The van der Waals surface area contributed by atoms with E-state index in [4.69, 9.17) is 18.0 Å². The third-order valence-corrected chi connectivity index (χ3v) is 4.26. The largest absolute Gasteiger partial charge is 0.392 e. The minimum Gasteiger partial charge on any atom is -0.392 e. The van der Waals surface area contributed by atoms with E-state index in [2.05, 4.69) is 18.7 Å². The summed E-state index contributed by atoms with van der Waals surface area (Å²) in [5.74, 6) is 0.685. The van der Waals surface area contributed by atoms with Crippen LogP contribution in [0, 0.1) is 11.3 Å². The molecule has 1 saturated carbocycles. The molecule has 0 radical (unpaired) electrons. The number of carbonyl (C=O) groups is 1. The van der Waals surface area contributed by atoms with Gasteiger partial charge < -0.3 is 15.5 Å². The fourth-order valence-corrected chi connectivity index (χ4v) is 3.07. The average molecular weight is 285 g/mol. The van der Waals surface area contributed by atoms with Gasteiger partial charge in [0, 0.05) is 19.6 Å². The Morgan fingerprint density at radius 1 is 1.32 bits per heavy atom. The van der Waals surface area contributed by atoms with Crippen molar-refractivity contribution in [3.8, 4) is 0 Å². The maximum atomic E-state index is 12.8. The number of rotatable bonds is 7. The van der Waals surface area contributed by atoms with Crippen LogP contribution in [-0.4, -0.2) is 54.4 Å². The number of nitrogens with two attached hydrogens (primary N) is 1. The minimum absolute atomic E-state index is 0.141. The van der Waals surface area contributed by atoms with Gasteiger partial charge >= 0.3 is 0 Å². The molecule has 1 aliphatic rings. The molecule has 0 aliphatic heterocycles. The molecule has 1 amide bonds. The molecule has 0 atom stereocenters. The van der Waals surface area contributed by atoms with Gasteiger partial charge in [-0.3, -0.25) is 4.79 Å². The van der Waals surface area contributed by atoms with Crippen molar-refractivity contribution in [2.75, 3.05) is 33.7 Å². The van der Waals surface area contributed by atoms with Crippen molar-refractivity contribution in [3.63, 3.8) is 0 Å². The summed E-state index contributed by atoms with van der Waals surface area (Å²) in [4.78, 5) is 17.2. The number of carbonyl (C=O) groups excluding carboxylic acids is 1. The molecule has 2 N–H and O–H groups in total. The third kappa shape index (κ3) is 3.66. The van der Waals surface area contributed by atoms with E-state index in [1.165, 1.54) is 0 Å². The molecule has 1 aliphatic carbocycles. The SMILES string of the molecule is CCCN(CCN(C)C)C(=O)C1(C(N)=S)CC(C)C1. The van der Waals surface area contributed by atoms with Gasteiger partial charge in [-0.2, -0.15) is 0 Å². The molecule has 0 unspecified atom stereocenters. The van der Waals surface area contributed by atoms with Crippen LogP contribution in [0.5, 0.6) is 0 Å². The summed E-state index contributed by atoms with van der Waals surface area (Å²) in [5, 5.41) is 0. The average Bonchev–Trinajstić information content (AvgIpc) is 2.28. The number of hydrogen-bond donors (Lipinski definition) is 1. The summed E-state index contributed by atoms with van der Waals surface area (Å²) in [5.41, 5.74) is 5.30. The lowest BCUT2D eigenvalue weighted by molar-refractivity contribution is -0.144. The normalized spacial score (nSPS) is 26.1. The first-order valence-corrected chi connectivity index (χ1v) is 7.48. The van der Waals surface area contributed by atoms with Crippen LogP contribution < -0.4 is 5.73 Å². The van der Waals surface area contributed by atoms with Crippen molar-refractivity contribution in [2.24, 2.45) is 17.1 Å². The Morgan fingerprint density at radius 3 is 2.26 bits per heavy atom.